The normalized spacial score (nSPS) is 13.2. The van der Waals surface area contributed by atoms with Crippen LogP contribution in [0.1, 0.15) is 59.9 Å². The average Bonchev–Trinajstić information content (AvgIpc) is 3.59. The van der Waals surface area contributed by atoms with Crippen LogP contribution in [-0.2, 0) is 6.54 Å². The number of aromatic nitrogens is 2. The summed E-state index contributed by atoms with van der Waals surface area (Å²) in [4.78, 5) is 38.2. The summed E-state index contributed by atoms with van der Waals surface area (Å²) in [5, 5.41) is 11.1. The minimum atomic E-state index is -0.416. The van der Waals surface area contributed by atoms with Gasteiger partial charge in [-0.05, 0) is 43.5 Å². The molecule has 4 rings (SSSR count). The van der Waals surface area contributed by atoms with Gasteiger partial charge in [0, 0.05) is 29.2 Å². The van der Waals surface area contributed by atoms with Crippen molar-refractivity contribution in [2.45, 2.75) is 51.6 Å². The number of anilines is 1. The van der Waals surface area contributed by atoms with Crippen LogP contribution in [-0.4, -0.2) is 27.6 Å². The van der Waals surface area contributed by atoms with Gasteiger partial charge in [-0.2, -0.15) is 5.10 Å². The number of carbonyl (C=O) groups excluding carboxylic acids is 2. The topological polar surface area (TPSA) is 93.1 Å². The molecule has 0 unspecified atom stereocenters. The molecule has 2 aromatic carbocycles. The minimum Gasteiger partial charge on any atom is -0.349 e. The Kier molecular flexibility index (Phi) is 6.11. The van der Waals surface area contributed by atoms with E-state index in [1.807, 2.05) is 0 Å². The van der Waals surface area contributed by atoms with Crippen molar-refractivity contribution >= 4 is 28.3 Å². The highest BCUT2D eigenvalue weighted by Gasteiger charge is 2.24. The van der Waals surface area contributed by atoms with E-state index in [1.165, 1.54) is 4.68 Å². The van der Waals surface area contributed by atoms with Crippen molar-refractivity contribution < 1.29 is 9.59 Å². The molecule has 0 radical (unpaired) electrons. The molecule has 1 saturated carbocycles. The number of hydrogen-bond donors (Lipinski definition) is 2. The van der Waals surface area contributed by atoms with E-state index < -0.39 is 5.91 Å². The number of rotatable bonds is 8. The molecule has 1 aliphatic carbocycles. The SMILES string of the molecule is CCCCCn1nc(C(=O)Nc2cccc(C(=O)NC3CC3)c2)c2ccccc2c1=O. The van der Waals surface area contributed by atoms with E-state index in [0.29, 0.717) is 28.6 Å². The van der Waals surface area contributed by atoms with Crippen LogP contribution in [0.2, 0.25) is 0 Å². The Morgan fingerprint density at radius 2 is 1.81 bits per heavy atom. The smallest absolute Gasteiger partial charge is 0.276 e. The third-order valence-corrected chi connectivity index (χ3v) is 5.35. The van der Waals surface area contributed by atoms with Gasteiger partial charge in [-0.25, -0.2) is 4.68 Å². The zero-order valence-electron chi connectivity index (χ0n) is 17.6. The highest BCUT2D eigenvalue weighted by molar-refractivity contribution is 6.11. The maximum absolute atomic E-state index is 13.1. The summed E-state index contributed by atoms with van der Waals surface area (Å²) in [6, 6.07) is 14.1. The average molecular weight is 418 g/mol. The molecule has 2 N–H and O–H groups in total. The van der Waals surface area contributed by atoms with Gasteiger partial charge in [-0.1, -0.05) is 44.0 Å². The van der Waals surface area contributed by atoms with Crippen LogP contribution in [0.25, 0.3) is 10.8 Å². The molecule has 0 spiro atoms. The fourth-order valence-corrected chi connectivity index (χ4v) is 3.49. The monoisotopic (exact) mass is 418 g/mol. The first kappa shape index (κ1) is 20.8. The molecule has 0 aliphatic heterocycles. The molecule has 1 aromatic heterocycles. The predicted molar refractivity (Wildman–Crippen MR) is 120 cm³/mol. The van der Waals surface area contributed by atoms with Crippen molar-refractivity contribution in [3.8, 4) is 0 Å². The summed E-state index contributed by atoms with van der Waals surface area (Å²) < 4.78 is 1.38. The third kappa shape index (κ3) is 4.82. The number of nitrogens with zero attached hydrogens (tertiary/aromatic N) is 2. The molecule has 1 heterocycles. The molecule has 0 atom stereocenters. The number of benzene rings is 2. The van der Waals surface area contributed by atoms with Crippen LogP contribution >= 0.6 is 0 Å². The molecule has 2 amide bonds. The fourth-order valence-electron chi connectivity index (χ4n) is 3.49. The number of amides is 2. The second kappa shape index (κ2) is 9.12. The van der Waals surface area contributed by atoms with Gasteiger partial charge in [0.2, 0.25) is 0 Å². The lowest BCUT2D eigenvalue weighted by Gasteiger charge is -2.12. The Labute approximate surface area is 180 Å². The maximum Gasteiger partial charge on any atom is 0.276 e. The number of aryl methyl sites for hydroxylation is 1. The minimum absolute atomic E-state index is 0.147. The second-order valence-electron chi connectivity index (χ2n) is 7.91. The first-order valence-corrected chi connectivity index (χ1v) is 10.8. The highest BCUT2D eigenvalue weighted by atomic mass is 16.2. The molecule has 0 bridgehead atoms. The fraction of sp³-hybridized carbons (Fsp3) is 0.333. The summed E-state index contributed by atoms with van der Waals surface area (Å²) in [6.45, 7) is 2.56. The molecule has 1 fully saturated rings. The van der Waals surface area contributed by atoms with E-state index in [2.05, 4.69) is 22.7 Å². The zero-order valence-corrected chi connectivity index (χ0v) is 17.6. The quantitative estimate of drug-likeness (QED) is 0.545. The zero-order chi connectivity index (χ0) is 21.8. The first-order valence-electron chi connectivity index (χ1n) is 10.8. The van der Waals surface area contributed by atoms with E-state index in [4.69, 9.17) is 0 Å². The summed E-state index contributed by atoms with van der Waals surface area (Å²) in [7, 11) is 0. The van der Waals surface area contributed by atoms with Gasteiger partial charge in [0.25, 0.3) is 17.4 Å². The summed E-state index contributed by atoms with van der Waals surface area (Å²) in [5.41, 5.74) is 0.997. The van der Waals surface area contributed by atoms with Crippen LogP contribution in [0, 0.1) is 0 Å². The van der Waals surface area contributed by atoms with Gasteiger partial charge < -0.3 is 10.6 Å². The van der Waals surface area contributed by atoms with Crippen LogP contribution in [0.5, 0.6) is 0 Å². The molecular weight excluding hydrogens is 392 g/mol. The molecular formula is C24H26N4O3. The van der Waals surface area contributed by atoms with Crippen molar-refractivity contribution in [3.05, 3.63) is 70.1 Å². The lowest BCUT2D eigenvalue weighted by atomic mass is 10.1. The number of nitrogens with one attached hydrogen (secondary N) is 2. The Balaban J connectivity index is 1.62. The van der Waals surface area contributed by atoms with Gasteiger partial charge in [0.1, 0.15) is 0 Å². The van der Waals surface area contributed by atoms with Crippen molar-refractivity contribution in [1.29, 1.82) is 0 Å². The van der Waals surface area contributed by atoms with Crippen LogP contribution in [0.15, 0.2) is 53.3 Å². The van der Waals surface area contributed by atoms with E-state index in [0.717, 1.165) is 32.1 Å². The van der Waals surface area contributed by atoms with Gasteiger partial charge >= 0.3 is 0 Å². The number of fused-ring (bicyclic) bond motifs is 1. The third-order valence-electron chi connectivity index (χ3n) is 5.35. The Hall–Kier alpha value is -3.48. The predicted octanol–water partition coefficient (Wildman–Crippen LogP) is 3.73. The van der Waals surface area contributed by atoms with Gasteiger partial charge in [-0.15, -0.1) is 0 Å². The first-order chi connectivity index (χ1) is 15.1. The Morgan fingerprint density at radius 1 is 1.03 bits per heavy atom. The van der Waals surface area contributed by atoms with Gasteiger partial charge in [0.05, 0.1) is 5.39 Å². The Morgan fingerprint density at radius 3 is 2.55 bits per heavy atom. The maximum atomic E-state index is 13.1. The highest BCUT2D eigenvalue weighted by Crippen LogP contribution is 2.20. The molecule has 3 aromatic rings. The molecule has 31 heavy (non-hydrogen) atoms. The largest absolute Gasteiger partial charge is 0.349 e. The van der Waals surface area contributed by atoms with E-state index >= 15 is 0 Å². The molecule has 0 saturated heterocycles. The number of hydrogen-bond acceptors (Lipinski definition) is 4. The van der Waals surface area contributed by atoms with E-state index in [9.17, 15) is 14.4 Å². The standard InChI is InChI=1S/C24H26N4O3/c1-2-3-6-14-28-24(31)20-11-5-4-10-19(20)21(27-28)23(30)26-18-9-7-8-16(15-18)22(29)25-17-12-13-17/h4-5,7-11,15,17H,2-3,6,12-14H2,1H3,(H,25,29)(H,26,30). The van der Waals surface area contributed by atoms with Crippen molar-refractivity contribution in [1.82, 2.24) is 15.1 Å². The van der Waals surface area contributed by atoms with E-state index in [-0.39, 0.29) is 23.2 Å². The summed E-state index contributed by atoms with van der Waals surface area (Å²) in [6.07, 6.45) is 4.85. The molecule has 7 nitrogen and oxygen atoms in total. The van der Waals surface area contributed by atoms with E-state index in [1.54, 1.807) is 48.5 Å². The number of carbonyl (C=O) groups is 2. The number of unbranched alkanes of at least 4 members (excludes halogenated alkanes) is 2. The summed E-state index contributed by atoms with van der Waals surface area (Å²) in [5.74, 6) is -0.563. The van der Waals surface area contributed by atoms with Crippen molar-refractivity contribution in [2.24, 2.45) is 0 Å². The molecule has 160 valence electrons. The van der Waals surface area contributed by atoms with Gasteiger partial charge in [-0.3, -0.25) is 14.4 Å². The van der Waals surface area contributed by atoms with Crippen LogP contribution < -0.4 is 16.2 Å². The van der Waals surface area contributed by atoms with Crippen LogP contribution in [0.3, 0.4) is 0 Å². The van der Waals surface area contributed by atoms with Crippen LogP contribution in [0.4, 0.5) is 5.69 Å². The molecule has 1 aliphatic rings. The van der Waals surface area contributed by atoms with Gasteiger partial charge in [0.15, 0.2) is 5.69 Å². The van der Waals surface area contributed by atoms with Crippen molar-refractivity contribution in [3.63, 3.8) is 0 Å². The lowest BCUT2D eigenvalue weighted by molar-refractivity contribution is 0.0949. The Bertz CT molecular complexity index is 1180. The lowest BCUT2D eigenvalue weighted by Crippen LogP contribution is -2.28. The summed E-state index contributed by atoms with van der Waals surface area (Å²) >= 11 is 0. The van der Waals surface area contributed by atoms with Crippen molar-refractivity contribution in [2.75, 3.05) is 5.32 Å². The molecule has 7 heteroatoms. The second-order valence-corrected chi connectivity index (χ2v) is 7.91.